The number of pyridine rings is 1. The van der Waals surface area contributed by atoms with Gasteiger partial charge in [-0.05, 0) is 55.3 Å². The summed E-state index contributed by atoms with van der Waals surface area (Å²) in [5, 5.41) is 21.0. The summed E-state index contributed by atoms with van der Waals surface area (Å²) in [7, 11) is 0. The number of anilines is 3. The Hall–Kier alpha value is -5.42. The van der Waals surface area contributed by atoms with Crippen molar-refractivity contribution in [2.24, 2.45) is 0 Å². The fraction of sp³-hybridized carbons (Fsp3) is 0.188. The average Bonchev–Trinajstić information content (AvgIpc) is 3.59. The number of hydrogen-bond acceptors (Lipinski definition) is 10. The molecule has 3 N–H and O–H groups in total. The molecule has 4 heterocycles. The molecule has 0 radical (unpaired) electrons. The number of nitrogens with zero attached hydrogens (tertiary/aromatic N) is 6. The van der Waals surface area contributed by atoms with Crippen LogP contribution in [0.2, 0.25) is 0 Å². The van der Waals surface area contributed by atoms with Crippen molar-refractivity contribution in [2.45, 2.75) is 25.4 Å². The number of carbonyl (C=O) groups excluding carboxylic acids is 1. The number of benzene rings is 2. The summed E-state index contributed by atoms with van der Waals surface area (Å²) in [6.07, 6.45) is 6.63. The van der Waals surface area contributed by atoms with Gasteiger partial charge in [0.15, 0.2) is 0 Å². The standard InChI is InChI=1S/C32H30N8O3/c1-4-16-40-30(42)23-11-10-22(17-25(23)32(40,2)3)35-31-34-18-24(29-37-27(39-43-29)21-12-14-33-15-13-21)28(38-31)36-26(19-41)20-8-6-5-7-9-20/h4-15,17-18,26,41H,1,16,19H2,2-3H3,(H2,34,35,36,38)/t26-/m1/s1. The Balaban J connectivity index is 1.35. The number of carbonyl (C=O) groups is 1. The summed E-state index contributed by atoms with van der Waals surface area (Å²) >= 11 is 0. The monoisotopic (exact) mass is 574 g/mol. The third kappa shape index (κ3) is 5.33. The minimum absolute atomic E-state index is 0.0276. The van der Waals surface area contributed by atoms with Crippen LogP contribution >= 0.6 is 0 Å². The summed E-state index contributed by atoms with van der Waals surface area (Å²) in [6.45, 7) is 8.10. The second kappa shape index (κ2) is 11.5. The van der Waals surface area contributed by atoms with Crippen LogP contribution < -0.4 is 10.6 Å². The first-order valence-corrected chi connectivity index (χ1v) is 13.8. The Bertz CT molecular complexity index is 1770. The van der Waals surface area contributed by atoms with Gasteiger partial charge >= 0.3 is 0 Å². The molecular weight excluding hydrogens is 544 g/mol. The fourth-order valence-corrected chi connectivity index (χ4v) is 5.17. The number of fused-ring (bicyclic) bond motifs is 1. The first kappa shape index (κ1) is 27.7. The van der Waals surface area contributed by atoms with Crippen molar-refractivity contribution in [2.75, 3.05) is 23.8 Å². The second-order valence-corrected chi connectivity index (χ2v) is 10.6. The average molecular weight is 575 g/mol. The molecule has 1 aliphatic heterocycles. The second-order valence-electron chi connectivity index (χ2n) is 10.6. The zero-order valence-electron chi connectivity index (χ0n) is 23.7. The number of rotatable bonds is 10. The summed E-state index contributed by atoms with van der Waals surface area (Å²) < 4.78 is 5.61. The third-order valence-corrected chi connectivity index (χ3v) is 7.48. The maximum atomic E-state index is 13.0. The number of aliphatic hydroxyl groups excluding tert-OH is 1. The van der Waals surface area contributed by atoms with Gasteiger partial charge in [0, 0.05) is 41.9 Å². The first-order chi connectivity index (χ1) is 20.9. The quantitative estimate of drug-likeness (QED) is 0.187. The van der Waals surface area contributed by atoms with E-state index in [2.05, 4.69) is 37.3 Å². The highest BCUT2D eigenvalue weighted by molar-refractivity contribution is 6.00. The van der Waals surface area contributed by atoms with Gasteiger partial charge in [-0.1, -0.05) is 41.6 Å². The van der Waals surface area contributed by atoms with Crippen LogP contribution in [0.5, 0.6) is 0 Å². The molecule has 0 saturated heterocycles. The summed E-state index contributed by atoms with van der Waals surface area (Å²) in [6, 6.07) is 18.3. The Morgan fingerprint density at radius 2 is 1.86 bits per heavy atom. The molecule has 6 rings (SSSR count). The predicted octanol–water partition coefficient (Wildman–Crippen LogP) is 5.35. The minimum Gasteiger partial charge on any atom is -0.394 e. The molecule has 3 aromatic heterocycles. The lowest BCUT2D eigenvalue weighted by atomic mass is 9.93. The molecule has 5 aromatic rings. The highest BCUT2D eigenvalue weighted by Crippen LogP contribution is 2.40. The molecule has 2 aromatic carbocycles. The number of hydrogen-bond donors (Lipinski definition) is 3. The van der Waals surface area contributed by atoms with E-state index in [4.69, 9.17) is 9.51 Å². The van der Waals surface area contributed by atoms with Gasteiger partial charge in [0.25, 0.3) is 11.8 Å². The molecule has 0 aliphatic carbocycles. The van der Waals surface area contributed by atoms with Gasteiger partial charge in [0.1, 0.15) is 11.4 Å². The summed E-state index contributed by atoms with van der Waals surface area (Å²) in [5.41, 5.74) is 3.86. The molecule has 1 atom stereocenters. The van der Waals surface area contributed by atoms with E-state index < -0.39 is 11.6 Å². The van der Waals surface area contributed by atoms with E-state index in [1.165, 1.54) is 0 Å². The number of amides is 1. The topological polar surface area (TPSA) is 142 Å². The fourth-order valence-electron chi connectivity index (χ4n) is 5.17. The van der Waals surface area contributed by atoms with Crippen LogP contribution in [0.15, 0.2) is 96.4 Å². The van der Waals surface area contributed by atoms with Gasteiger partial charge in [-0.25, -0.2) is 4.98 Å². The van der Waals surface area contributed by atoms with Gasteiger partial charge in [-0.2, -0.15) is 9.97 Å². The van der Waals surface area contributed by atoms with Crippen molar-refractivity contribution < 1.29 is 14.4 Å². The molecule has 216 valence electrons. The maximum absolute atomic E-state index is 13.0. The van der Waals surface area contributed by atoms with E-state index in [0.29, 0.717) is 35.3 Å². The van der Waals surface area contributed by atoms with Crippen LogP contribution in [-0.4, -0.2) is 54.2 Å². The molecule has 11 nitrogen and oxygen atoms in total. The van der Waals surface area contributed by atoms with E-state index >= 15 is 0 Å². The van der Waals surface area contributed by atoms with Gasteiger partial charge in [-0.3, -0.25) is 9.78 Å². The Morgan fingerprint density at radius 3 is 2.60 bits per heavy atom. The van der Waals surface area contributed by atoms with E-state index in [9.17, 15) is 9.90 Å². The SMILES string of the molecule is C=CCN1C(=O)c2ccc(Nc3ncc(-c4nc(-c5ccncc5)no4)c(N[C@H](CO)c4ccccc4)n3)cc2C1(C)C. The molecular formula is C32H30N8O3. The van der Waals surface area contributed by atoms with E-state index in [1.807, 2.05) is 62.4 Å². The van der Waals surface area contributed by atoms with Crippen LogP contribution in [0.3, 0.4) is 0 Å². The molecule has 0 spiro atoms. The molecule has 1 amide bonds. The summed E-state index contributed by atoms with van der Waals surface area (Å²) in [5.74, 6) is 1.27. The Morgan fingerprint density at radius 1 is 1.07 bits per heavy atom. The maximum Gasteiger partial charge on any atom is 0.263 e. The zero-order chi connectivity index (χ0) is 30.0. The van der Waals surface area contributed by atoms with Crippen molar-refractivity contribution in [3.05, 3.63) is 109 Å². The molecule has 0 fully saturated rings. The Kier molecular flexibility index (Phi) is 7.39. The van der Waals surface area contributed by atoms with Gasteiger partial charge in [0.05, 0.1) is 18.2 Å². The molecule has 0 saturated carbocycles. The van der Waals surface area contributed by atoms with Crippen molar-refractivity contribution in [3.63, 3.8) is 0 Å². The predicted molar refractivity (Wildman–Crippen MR) is 162 cm³/mol. The molecule has 43 heavy (non-hydrogen) atoms. The molecule has 1 aliphatic rings. The lowest BCUT2D eigenvalue weighted by Gasteiger charge is -2.31. The first-order valence-electron chi connectivity index (χ1n) is 13.8. The van der Waals surface area contributed by atoms with E-state index in [-0.39, 0.29) is 18.4 Å². The highest BCUT2D eigenvalue weighted by Gasteiger charge is 2.42. The van der Waals surface area contributed by atoms with E-state index in [0.717, 1.165) is 22.4 Å². The number of aliphatic hydroxyl groups is 1. The summed E-state index contributed by atoms with van der Waals surface area (Å²) in [4.78, 5) is 32.7. The van der Waals surface area contributed by atoms with Crippen molar-refractivity contribution in [1.29, 1.82) is 0 Å². The van der Waals surface area contributed by atoms with Gasteiger partial charge < -0.3 is 25.2 Å². The normalized spacial score (nSPS) is 14.3. The van der Waals surface area contributed by atoms with Crippen LogP contribution in [0.25, 0.3) is 22.8 Å². The van der Waals surface area contributed by atoms with Crippen molar-refractivity contribution in [1.82, 2.24) is 30.0 Å². The largest absolute Gasteiger partial charge is 0.394 e. The van der Waals surface area contributed by atoms with Gasteiger partial charge in [-0.15, -0.1) is 6.58 Å². The number of aromatic nitrogens is 5. The third-order valence-electron chi connectivity index (χ3n) is 7.48. The smallest absolute Gasteiger partial charge is 0.263 e. The molecule has 0 bridgehead atoms. The van der Waals surface area contributed by atoms with Crippen LogP contribution in [0, 0.1) is 0 Å². The van der Waals surface area contributed by atoms with Crippen LogP contribution in [0.1, 0.15) is 41.4 Å². The van der Waals surface area contributed by atoms with Gasteiger partial charge in [0.2, 0.25) is 11.8 Å². The lowest BCUT2D eigenvalue weighted by molar-refractivity contribution is 0.0652. The minimum atomic E-state index is -0.510. The highest BCUT2D eigenvalue weighted by atomic mass is 16.5. The van der Waals surface area contributed by atoms with Crippen molar-refractivity contribution >= 4 is 23.4 Å². The molecule has 0 unspecified atom stereocenters. The molecule has 11 heteroatoms. The van der Waals surface area contributed by atoms with E-state index in [1.54, 1.807) is 41.7 Å². The van der Waals surface area contributed by atoms with Crippen LogP contribution in [0.4, 0.5) is 17.5 Å². The lowest BCUT2D eigenvalue weighted by Crippen LogP contribution is -2.39. The van der Waals surface area contributed by atoms with Crippen LogP contribution in [-0.2, 0) is 5.54 Å². The number of nitrogens with one attached hydrogen (secondary N) is 2. The zero-order valence-corrected chi connectivity index (χ0v) is 23.7. The van der Waals surface area contributed by atoms with Crippen molar-refractivity contribution in [3.8, 4) is 22.8 Å². The Labute approximate surface area is 248 Å².